The molecule has 3 rings (SSSR count). The minimum absolute atomic E-state index is 0.107. The number of hydrogen-bond acceptors (Lipinski definition) is 3. The summed E-state index contributed by atoms with van der Waals surface area (Å²) < 4.78 is 28.0. The molecule has 0 aliphatic heterocycles. The Hall–Kier alpha value is -2.83. The molecule has 31 heavy (non-hydrogen) atoms. The second kappa shape index (κ2) is 9.54. The minimum atomic E-state index is -3.99. The fraction of sp³-hybridized carbons (Fsp3) is 0.208. The Morgan fingerprint density at radius 3 is 2.32 bits per heavy atom. The van der Waals surface area contributed by atoms with Crippen LogP contribution in [-0.4, -0.2) is 20.9 Å². The fourth-order valence-electron chi connectivity index (χ4n) is 3.30. The van der Waals surface area contributed by atoms with Crippen LogP contribution in [0, 0.1) is 13.8 Å². The molecule has 1 N–H and O–H groups in total. The van der Waals surface area contributed by atoms with Crippen LogP contribution in [0.25, 0.3) is 0 Å². The summed E-state index contributed by atoms with van der Waals surface area (Å²) in [5.41, 5.74) is 3.89. The van der Waals surface area contributed by atoms with Crippen molar-refractivity contribution in [3.63, 3.8) is 0 Å². The molecule has 3 aromatic carbocycles. The lowest BCUT2D eigenvalue weighted by Gasteiger charge is -2.25. The standard InChI is InChI=1S/C24H25ClN2O3S/c1-4-19-8-5-7-18(3)24(19)26-23(28)16-27(21-10-6-9-20(25)15-21)31(29,30)22-13-11-17(2)12-14-22/h5-15H,4,16H2,1-3H3,(H,26,28). The Labute approximate surface area is 188 Å². The van der Waals surface area contributed by atoms with Gasteiger partial charge in [-0.05, 0) is 61.7 Å². The number of amides is 1. The summed E-state index contributed by atoms with van der Waals surface area (Å²) in [6, 6.07) is 18.8. The number of aryl methyl sites for hydroxylation is 3. The van der Waals surface area contributed by atoms with Gasteiger partial charge in [0.1, 0.15) is 6.54 Å². The molecule has 0 saturated carbocycles. The second-order valence-electron chi connectivity index (χ2n) is 7.32. The molecule has 5 nitrogen and oxygen atoms in total. The molecule has 0 aliphatic rings. The molecule has 162 valence electrons. The maximum atomic E-state index is 13.4. The average Bonchev–Trinajstić information content (AvgIpc) is 2.73. The molecule has 0 radical (unpaired) electrons. The molecule has 0 fully saturated rings. The lowest BCUT2D eigenvalue weighted by Crippen LogP contribution is -2.38. The van der Waals surface area contributed by atoms with Crippen molar-refractivity contribution in [2.75, 3.05) is 16.2 Å². The zero-order chi connectivity index (χ0) is 22.6. The molecule has 0 spiro atoms. The molecule has 0 unspecified atom stereocenters. The van der Waals surface area contributed by atoms with Gasteiger partial charge >= 0.3 is 0 Å². The van der Waals surface area contributed by atoms with E-state index in [0.29, 0.717) is 16.4 Å². The van der Waals surface area contributed by atoms with E-state index in [1.165, 1.54) is 18.2 Å². The molecule has 3 aromatic rings. The summed E-state index contributed by atoms with van der Waals surface area (Å²) in [7, 11) is -3.99. The van der Waals surface area contributed by atoms with E-state index in [1.54, 1.807) is 30.3 Å². The normalized spacial score (nSPS) is 11.2. The zero-order valence-corrected chi connectivity index (χ0v) is 19.3. The molecule has 0 heterocycles. The third-order valence-electron chi connectivity index (χ3n) is 5.00. The van der Waals surface area contributed by atoms with Crippen molar-refractivity contribution in [3.8, 4) is 0 Å². The number of anilines is 2. The topological polar surface area (TPSA) is 66.5 Å². The van der Waals surface area contributed by atoms with Crippen LogP contribution in [0.15, 0.2) is 71.6 Å². The molecule has 7 heteroatoms. The van der Waals surface area contributed by atoms with Crippen LogP contribution < -0.4 is 9.62 Å². The van der Waals surface area contributed by atoms with Crippen LogP contribution in [0.4, 0.5) is 11.4 Å². The maximum Gasteiger partial charge on any atom is 0.264 e. The van der Waals surface area contributed by atoms with E-state index in [-0.39, 0.29) is 11.4 Å². The molecule has 0 aromatic heterocycles. The van der Waals surface area contributed by atoms with Gasteiger partial charge in [-0.25, -0.2) is 8.42 Å². The van der Waals surface area contributed by atoms with Crippen LogP contribution in [0.2, 0.25) is 5.02 Å². The molecular formula is C24H25ClN2O3S. The molecule has 0 atom stereocenters. The van der Waals surface area contributed by atoms with E-state index in [4.69, 9.17) is 11.6 Å². The number of benzene rings is 3. The Bertz CT molecular complexity index is 1190. The number of halogens is 1. The van der Waals surface area contributed by atoms with Crippen molar-refractivity contribution in [2.45, 2.75) is 32.1 Å². The molecule has 0 aliphatic carbocycles. The number of nitrogens with one attached hydrogen (secondary N) is 1. The molecule has 0 bridgehead atoms. The first-order chi connectivity index (χ1) is 14.7. The second-order valence-corrected chi connectivity index (χ2v) is 9.61. The molecule has 0 saturated heterocycles. The average molecular weight is 457 g/mol. The van der Waals surface area contributed by atoms with Crippen LogP contribution in [0.5, 0.6) is 0 Å². The summed E-state index contributed by atoms with van der Waals surface area (Å²) in [5, 5.41) is 3.28. The fourth-order valence-corrected chi connectivity index (χ4v) is 4.89. The highest BCUT2D eigenvalue weighted by Gasteiger charge is 2.27. The largest absolute Gasteiger partial charge is 0.324 e. The maximum absolute atomic E-state index is 13.4. The summed E-state index contributed by atoms with van der Waals surface area (Å²) in [5.74, 6) is -0.431. The van der Waals surface area contributed by atoms with Crippen molar-refractivity contribution in [3.05, 3.63) is 88.4 Å². The summed E-state index contributed by atoms with van der Waals surface area (Å²) in [6.07, 6.45) is 0.747. The van der Waals surface area contributed by atoms with Crippen molar-refractivity contribution in [2.24, 2.45) is 0 Å². The quantitative estimate of drug-likeness (QED) is 0.520. The summed E-state index contributed by atoms with van der Waals surface area (Å²) in [6.45, 7) is 5.41. The van der Waals surface area contributed by atoms with Gasteiger partial charge in [0.15, 0.2) is 0 Å². The lowest BCUT2D eigenvalue weighted by molar-refractivity contribution is -0.114. The van der Waals surface area contributed by atoms with Crippen LogP contribution >= 0.6 is 11.6 Å². The van der Waals surface area contributed by atoms with Crippen molar-refractivity contribution in [1.82, 2.24) is 0 Å². The predicted molar refractivity (Wildman–Crippen MR) is 126 cm³/mol. The Kier molecular flexibility index (Phi) is 7.03. The molecular weight excluding hydrogens is 432 g/mol. The van der Waals surface area contributed by atoms with E-state index in [1.807, 2.05) is 39.0 Å². The van der Waals surface area contributed by atoms with E-state index >= 15 is 0 Å². The van der Waals surface area contributed by atoms with Gasteiger partial charge in [0.25, 0.3) is 10.0 Å². The van der Waals surface area contributed by atoms with Crippen molar-refractivity contribution >= 4 is 38.9 Å². The van der Waals surface area contributed by atoms with E-state index in [2.05, 4.69) is 5.32 Å². The number of sulfonamides is 1. The van der Waals surface area contributed by atoms with E-state index < -0.39 is 15.9 Å². The molecule has 1 amide bonds. The first-order valence-corrected chi connectivity index (χ1v) is 11.8. The first-order valence-electron chi connectivity index (χ1n) is 9.95. The minimum Gasteiger partial charge on any atom is -0.324 e. The Balaban J connectivity index is 1.98. The van der Waals surface area contributed by atoms with Gasteiger partial charge in [0.2, 0.25) is 5.91 Å². The van der Waals surface area contributed by atoms with Crippen molar-refractivity contribution < 1.29 is 13.2 Å². The van der Waals surface area contributed by atoms with E-state index in [9.17, 15) is 13.2 Å². The Morgan fingerprint density at radius 1 is 1.00 bits per heavy atom. The predicted octanol–water partition coefficient (Wildman–Crippen LogP) is 5.35. The first kappa shape index (κ1) is 22.8. The van der Waals surface area contributed by atoms with Crippen molar-refractivity contribution in [1.29, 1.82) is 0 Å². The van der Waals surface area contributed by atoms with Gasteiger partial charge in [-0.2, -0.15) is 0 Å². The number of hydrogen-bond donors (Lipinski definition) is 1. The number of para-hydroxylation sites is 1. The van der Waals surface area contributed by atoms with Gasteiger partial charge in [0.05, 0.1) is 10.6 Å². The van der Waals surface area contributed by atoms with Gasteiger partial charge < -0.3 is 5.32 Å². The summed E-state index contributed by atoms with van der Waals surface area (Å²) in [4.78, 5) is 13.1. The smallest absolute Gasteiger partial charge is 0.264 e. The number of carbonyl (C=O) groups excluding carboxylic acids is 1. The summed E-state index contributed by atoms with van der Waals surface area (Å²) >= 11 is 6.11. The Morgan fingerprint density at radius 2 is 1.68 bits per heavy atom. The lowest BCUT2D eigenvalue weighted by atomic mass is 10.1. The zero-order valence-electron chi connectivity index (χ0n) is 17.7. The van der Waals surface area contributed by atoms with Gasteiger partial charge in [0, 0.05) is 10.7 Å². The third-order valence-corrected chi connectivity index (χ3v) is 7.02. The van der Waals surface area contributed by atoms with Gasteiger partial charge in [-0.15, -0.1) is 0 Å². The number of nitrogens with zero attached hydrogens (tertiary/aromatic N) is 1. The van der Waals surface area contributed by atoms with Gasteiger partial charge in [-0.1, -0.05) is 60.5 Å². The highest BCUT2D eigenvalue weighted by atomic mass is 35.5. The van der Waals surface area contributed by atoms with E-state index in [0.717, 1.165) is 27.4 Å². The SMILES string of the molecule is CCc1cccc(C)c1NC(=O)CN(c1cccc(Cl)c1)S(=O)(=O)c1ccc(C)cc1. The van der Waals surface area contributed by atoms with Gasteiger partial charge in [-0.3, -0.25) is 9.10 Å². The van der Waals surface area contributed by atoms with Crippen LogP contribution in [0.3, 0.4) is 0 Å². The highest BCUT2D eigenvalue weighted by molar-refractivity contribution is 7.92. The number of rotatable bonds is 7. The third kappa shape index (κ3) is 5.27. The monoisotopic (exact) mass is 456 g/mol. The van der Waals surface area contributed by atoms with Crippen LogP contribution in [-0.2, 0) is 21.2 Å². The highest BCUT2D eigenvalue weighted by Crippen LogP contribution is 2.27. The number of carbonyl (C=O) groups is 1. The van der Waals surface area contributed by atoms with Crippen LogP contribution in [0.1, 0.15) is 23.6 Å².